The number of hydrogen-bond donors (Lipinski definition) is 2. The summed E-state index contributed by atoms with van der Waals surface area (Å²) in [6.45, 7) is 0. The molecule has 0 spiro atoms. The molecular formula is C9H7ClN2O2. The molecule has 0 aliphatic rings. The number of carbonyl (C=O) groups excluding carboxylic acids is 1. The minimum Gasteiger partial charge on any atom is -0.493 e. The van der Waals surface area contributed by atoms with E-state index in [9.17, 15) is 9.90 Å². The molecule has 2 N–H and O–H groups in total. The molecule has 0 atom stereocenters. The van der Waals surface area contributed by atoms with E-state index in [2.05, 4.69) is 5.43 Å². The van der Waals surface area contributed by atoms with E-state index in [4.69, 9.17) is 11.6 Å². The number of nitrogens with one attached hydrogen (secondary N) is 1. The normalized spacial score (nSPS) is 10.4. The van der Waals surface area contributed by atoms with Crippen LogP contribution in [-0.2, 0) is 4.79 Å². The predicted octanol–water partition coefficient (Wildman–Crippen LogP) is 1.70. The molecule has 5 heteroatoms. The van der Waals surface area contributed by atoms with Crippen molar-refractivity contribution >= 4 is 28.9 Å². The molecular weight excluding hydrogens is 204 g/mol. The quantitative estimate of drug-likeness (QED) is 0.742. The lowest BCUT2D eigenvalue weighted by Crippen LogP contribution is -2.10. The average molecular weight is 211 g/mol. The van der Waals surface area contributed by atoms with Gasteiger partial charge in [-0.3, -0.25) is 10.2 Å². The van der Waals surface area contributed by atoms with Crippen molar-refractivity contribution in [3.8, 4) is 5.88 Å². The number of fused-ring (bicyclic) bond motifs is 1. The first-order chi connectivity index (χ1) is 6.72. The van der Waals surface area contributed by atoms with Crippen molar-refractivity contribution in [1.29, 1.82) is 0 Å². The zero-order chi connectivity index (χ0) is 10.1. The van der Waals surface area contributed by atoms with Gasteiger partial charge < -0.3 is 5.11 Å². The minimum absolute atomic E-state index is 0.0330. The zero-order valence-corrected chi connectivity index (χ0v) is 7.82. The van der Waals surface area contributed by atoms with Crippen molar-refractivity contribution in [1.82, 2.24) is 4.68 Å². The van der Waals surface area contributed by atoms with Gasteiger partial charge in [0.05, 0.1) is 5.52 Å². The SMILES string of the molecule is O=CNn1c(O)cc2cc(Cl)ccc21. The van der Waals surface area contributed by atoms with Crippen molar-refractivity contribution in [2.75, 3.05) is 5.43 Å². The van der Waals surface area contributed by atoms with Gasteiger partial charge in [-0.2, -0.15) is 0 Å². The summed E-state index contributed by atoms with van der Waals surface area (Å²) in [5, 5.41) is 10.8. The van der Waals surface area contributed by atoms with Gasteiger partial charge in [0.25, 0.3) is 0 Å². The summed E-state index contributed by atoms with van der Waals surface area (Å²) in [7, 11) is 0. The number of halogens is 1. The van der Waals surface area contributed by atoms with Crippen LogP contribution < -0.4 is 5.43 Å². The molecule has 4 nitrogen and oxygen atoms in total. The third-order valence-electron chi connectivity index (χ3n) is 1.93. The van der Waals surface area contributed by atoms with Gasteiger partial charge in [0, 0.05) is 16.5 Å². The second kappa shape index (κ2) is 3.23. The number of hydrogen-bond acceptors (Lipinski definition) is 2. The molecule has 0 saturated carbocycles. The van der Waals surface area contributed by atoms with Crippen LogP contribution in [0, 0.1) is 0 Å². The lowest BCUT2D eigenvalue weighted by Gasteiger charge is -2.02. The highest BCUT2D eigenvalue weighted by Crippen LogP contribution is 2.25. The zero-order valence-electron chi connectivity index (χ0n) is 7.07. The van der Waals surface area contributed by atoms with Crippen molar-refractivity contribution in [2.24, 2.45) is 0 Å². The number of carbonyl (C=O) groups is 1. The van der Waals surface area contributed by atoms with E-state index in [1.807, 2.05) is 0 Å². The number of aromatic hydroxyl groups is 1. The molecule has 0 aliphatic heterocycles. The van der Waals surface area contributed by atoms with E-state index in [0.717, 1.165) is 5.39 Å². The Hall–Kier alpha value is -1.68. The molecule has 0 bridgehead atoms. The van der Waals surface area contributed by atoms with Crippen LogP contribution in [0.5, 0.6) is 5.88 Å². The van der Waals surface area contributed by atoms with Gasteiger partial charge >= 0.3 is 0 Å². The Morgan fingerprint density at radius 3 is 2.93 bits per heavy atom. The molecule has 1 aromatic carbocycles. The fourth-order valence-electron chi connectivity index (χ4n) is 1.36. The van der Waals surface area contributed by atoms with Gasteiger partial charge in [0.2, 0.25) is 12.3 Å². The van der Waals surface area contributed by atoms with E-state index >= 15 is 0 Å². The lowest BCUT2D eigenvalue weighted by molar-refractivity contribution is -0.106. The fourth-order valence-corrected chi connectivity index (χ4v) is 1.54. The summed E-state index contributed by atoms with van der Waals surface area (Å²) < 4.78 is 1.28. The molecule has 0 unspecified atom stereocenters. The highest BCUT2D eigenvalue weighted by atomic mass is 35.5. The Morgan fingerprint density at radius 1 is 1.43 bits per heavy atom. The first kappa shape index (κ1) is 8.90. The molecule has 2 rings (SSSR count). The van der Waals surface area contributed by atoms with Crippen molar-refractivity contribution in [2.45, 2.75) is 0 Å². The number of benzene rings is 1. The number of aromatic nitrogens is 1. The second-order valence-corrected chi connectivity index (χ2v) is 3.22. The van der Waals surface area contributed by atoms with Crippen molar-refractivity contribution in [3.05, 3.63) is 29.3 Å². The topological polar surface area (TPSA) is 54.3 Å². The average Bonchev–Trinajstić information content (AvgIpc) is 2.43. The Balaban J connectivity index is 2.70. The highest BCUT2D eigenvalue weighted by molar-refractivity contribution is 6.31. The van der Waals surface area contributed by atoms with Crippen LogP contribution in [0.1, 0.15) is 0 Å². The maximum Gasteiger partial charge on any atom is 0.226 e. The molecule has 1 amide bonds. The Bertz CT molecular complexity index is 493. The van der Waals surface area contributed by atoms with Crippen LogP contribution in [0.25, 0.3) is 10.9 Å². The molecule has 2 aromatic rings. The molecule has 14 heavy (non-hydrogen) atoms. The largest absolute Gasteiger partial charge is 0.493 e. The molecule has 0 radical (unpaired) electrons. The van der Waals surface area contributed by atoms with Crippen molar-refractivity contribution < 1.29 is 9.90 Å². The van der Waals surface area contributed by atoms with Gasteiger partial charge in [-0.15, -0.1) is 0 Å². The maximum absolute atomic E-state index is 10.3. The maximum atomic E-state index is 10.3. The minimum atomic E-state index is -0.0330. The van der Waals surface area contributed by atoms with E-state index in [1.54, 1.807) is 18.2 Å². The number of nitrogens with zero attached hydrogens (tertiary/aromatic N) is 1. The second-order valence-electron chi connectivity index (χ2n) is 2.79. The summed E-state index contributed by atoms with van der Waals surface area (Å²) in [5.41, 5.74) is 3.05. The summed E-state index contributed by atoms with van der Waals surface area (Å²) in [5.74, 6) is -0.0330. The highest BCUT2D eigenvalue weighted by Gasteiger charge is 2.06. The van der Waals surface area contributed by atoms with Crippen LogP contribution in [0.2, 0.25) is 5.02 Å². The van der Waals surface area contributed by atoms with Gasteiger partial charge in [-0.25, -0.2) is 4.68 Å². The molecule has 1 heterocycles. The predicted molar refractivity (Wildman–Crippen MR) is 54.0 cm³/mol. The van der Waals surface area contributed by atoms with Crippen LogP contribution >= 0.6 is 11.6 Å². The first-order valence-corrected chi connectivity index (χ1v) is 4.30. The Morgan fingerprint density at radius 2 is 2.21 bits per heavy atom. The van der Waals surface area contributed by atoms with Crippen LogP contribution in [0.15, 0.2) is 24.3 Å². The summed E-state index contributed by atoms with van der Waals surface area (Å²) >= 11 is 5.78. The molecule has 1 aromatic heterocycles. The van der Waals surface area contributed by atoms with Crippen LogP contribution in [0.3, 0.4) is 0 Å². The number of rotatable bonds is 2. The third kappa shape index (κ3) is 1.29. The lowest BCUT2D eigenvalue weighted by atomic mass is 10.2. The summed E-state index contributed by atoms with van der Waals surface area (Å²) in [4.78, 5) is 10.3. The van der Waals surface area contributed by atoms with Gasteiger partial charge in [-0.1, -0.05) is 11.6 Å². The fraction of sp³-hybridized carbons (Fsp3) is 0. The van der Waals surface area contributed by atoms with E-state index in [1.165, 1.54) is 10.7 Å². The van der Waals surface area contributed by atoms with Crippen molar-refractivity contribution in [3.63, 3.8) is 0 Å². The Kier molecular flexibility index (Phi) is 2.05. The van der Waals surface area contributed by atoms with Crippen LogP contribution in [-0.4, -0.2) is 16.2 Å². The standard InChI is InChI=1S/C9H7ClN2O2/c10-7-1-2-8-6(3-7)4-9(14)12(8)11-5-13/h1-5,14H,(H,11,13). The number of amides is 1. The first-order valence-electron chi connectivity index (χ1n) is 3.92. The van der Waals surface area contributed by atoms with E-state index in [0.29, 0.717) is 16.9 Å². The van der Waals surface area contributed by atoms with Crippen LogP contribution in [0.4, 0.5) is 0 Å². The van der Waals surface area contributed by atoms with Gasteiger partial charge in [0.1, 0.15) is 0 Å². The molecule has 0 fully saturated rings. The Labute approximate surface area is 84.7 Å². The molecule has 72 valence electrons. The van der Waals surface area contributed by atoms with Gasteiger partial charge in [-0.05, 0) is 18.2 Å². The smallest absolute Gasteiger partial charge is 0.226 e. The van der Waals surface area contributed by atoms with E-state index in [-0.39, 0.29) is 5.88 Å². The summed E-state index contributed by atoms with van der Waals surface area (Å²) in [6.07, 6.45) is 0.494. The third-order valence-corrected chi connectivity index (χ3v) is 2.16. The molecule has 0 saturated heterocycles. The van der Waals surface area contributed by atoms with E-state index < -0.39 is 0 Å². The van der Waals surface area contributed by atoms with Gasteiger partial charge in [0.15, 0.2) is 0 Å². The molecule has 0 aliphatic carbocycles. The monoisotopic (exact) mass is 210 g/mol. The summed E-state index contributed by atoms with van der Waals surface area (Å²) in [6, 6.07) is 6.64.